The Balaban J connectivity index is 2.63. The van der Waals surface area contributed by atoms with Crippen LogP contribution in [-0.4, -0.2) is 26.0 Å². The van der Waals surface area contributed by atoms with Crippen molar-refractivity contribution in [2.24, 2.45) is 0 Å². The molecule has 1 aromatic carbocycles. The van der Waals surface area contributed by atoms with E-state index in [9.17, 15) is 9.59 Å². The zero-order valence-corrected chi connectivity index (χ0v) is 12.0. The fourth-order valence-electron chi connectivity index (χ4n) is 1.71. The van der Waals surface area contributed by atoms with Gasteiger partial charge in [-0.2, -0.15) is 0 Å². The molecule has 0 heterocycles. The molecule has 0 aliphatic carbocycles. The third-order valence-electron chi connectivity index (χ3n) is 3.09. The molecule has 1 aromatic rings. The van der Waals surface area contributed by atoms with Crippen molar-refractivity contribution in [2.45, 2.75) is 32.6 Å². The lowest BCUT2D eigenvalue weighted by atomic mass is 10.0. The number of hydrogen-bond donors (Lipinski definition) is 0. The first kappa shape index (κ1) is 15.2. The number of hydrogen-bond acceptors (Lipinski definition) is 3. The van der Waals surface area contributed by atoms with Crippen molar-refractivity contribution in [3.05, 3.63) is 29.8 Å². The van der Waals surface area contributed by atoms with E-state index in [1.54, 1.807) is 11.9 Å². The monoisotopic (exact) mass is 263 g/mol. The van der Waals surface area contributed by atoms with E-state index in [1.165, 1.54) is 12.7 Å². The van der Waals surface area contributed by atoms with Crippen LogP contribution in [0.3, 0.4) is 0 Å². The van der Waals surface area contributed by atoms with Crippen molar-refractivity contribution in [3.8, 4) is 0 Å². The third-order valence-corrected chi connectivity index (χ3v) is 3.09. The average molecular weight is 263 g/mol. The molecule has 0 bridgehead atoms. The molecule has 0 aliphatic rings. The van der Waals surface area contributed by atoms with Crippen molar-refractivity contribution in [3.63, 3.8) is 0 Å². The van der Waals surface area contributed by atoms with Crippen LogP contribution in [0.4, 0.5) is 5.69 Å². The Labute approximate surface area is 114 Å². The van der Waals surface area contributed by atoms with E-state index in [0.717, 1.165) is 5.69 Å². The van der Waals surface area contributed by atoms with E-state index in [0.29, 0.717) is 5.92 Å². The van der Waals surface area contributed by atoms with Crippen LogP contribution in [0.5, 0.6) is 0 Å². The van der Waals surface area contributed by atoms with Crippen LogP contribution in [0.1, 0.15) is 38.2 Å². The van der Waals surface area contributed by atoms with Gasteiger partial charge >= 0.3 is 5.97 Å². The molecule has 0 radical (unpaired) electrons. The highest BCUT2D eigenvalue weighted by molar-refractivity contribution is 5.94. The van der Waals surface area contributed by atoms with Gasteiger partial charge in [0.15, 0.2) is 0 Å². The second-order valence-corrected chi connectivity index (χ2v) is 4.78. The summed E-state index contributed by atoms with van der Waals surface area (Å²) in [6, 6.07) is 7.88. The minimum Gasteiger partial charge on any atom is -0.469 e. The van der Waals surface area contributed by atoms with E-state index in [1.807, 2.05) is 24.3 Å². The Morgan fingerprint density at radius 3 is 2.21 bits per heavy atom. The fraction of sp³-hybridized carbons (Fsp3) is 0.467. The summed E-state index contributed by atoms with van der Waals surface area (Å²) in [5.74, 6) is 0.00832. The van der Waals surface area contributed by atoms with Gasteiger partial charge in [-0.05, 0) is 23.6 Å². The number of rotatable bonds is 5. The number of methoxy groups -OCH3 is 1. The Kier molecular flexibility index (Phi) is 5.55. The van der Waals surface area contributed by atoms with Gasteiger partial charge in [0.1, 0.15) is 0 Å². The molecule has 0 unspecified atom stereocenters. The molecule has 0 spiro atoms. The molecule has 1 amide bonds. The maximum atomic E-state index is 11.9. The molecule has 0 N–H and O–H groups in total. The predicted octanol–water partition coefficient (Wildman–Crippen LogP) is 2.73. The van der Waals surface area contributed by atoms with Crippen molar-refractivity contribution in [1.82, 2.24) is 0 Å². The van der Waals surface area contributed by atoms with Gasteiger partial charge in [-0.1, -0.05) is 26.0 Å². The van der Waals surface area contributed by atoms with Gasteiger partial charge in [0.25, 0.3) is 0 Å². The second-order valence-electron chi connectivity index (χ2n) is 4.78. The summed E-state index contributed by atoms with van der Waals surface area (Å²) in [7, 11) is 3.03. The second kappa shape index (κ2) is 6.92. The van der Waals surface area contributed by atoms with Crippen molar-refractivity contribution >= 4 is 17.6 Å². The number of ether oxygens (including phenoxy) is 1. The first-order valence-electron chi connectivity index (χ1n) is 6.39. The van der Waals surface area contributed by atoms with Gasteiger partial charge in [-0.25, -0.2) is 0 Å². The zero-order chi connectivity index (χ0) is 14.4. The quantitative estimate of drug-likeness (QED) is 0.767. The number of nitrogens with zero attached hydrogens (tertiary/aromatic N) is 1. The Bertz CT molecular complexity index is 437. The highest BCUT2D eigenvalue weighted by Gasteiger charge is 2.13. The Hall–Kier alpha value is -1.84. The van der Waals surface area contributed by atoms with Crippen LogP contribution >= 0.6 is 0 Å². The molecule has 19 heavy (non-hydrogen) atoms. The zero-order valence-electron chi connectivity index (χ0n) is 12.0. The number of esters is 1. The summed E-state index contributed by atoms with van der Waals surface area (Å²) < 4.78 is 4.52. The summed E-state index contributed by atoms with van der Waals surface area (Å²) in [5, 5.41) is 0. The Morgan fingerprint density at radius 1 is 1.16 bits per heavy atom. The SMILES string of the molecule is COC(=O)CCC(=O)N(C)c1ccc(C(C)C)cc1. The number of carbonyl (C=O) groups excluding carboxylic acids is 2. The summed E-state index contributed by atoms with van der Waals surface area (Å²) >= 11 is 0. The number of amides is 1. The van der Waals surface area contributed by atoms with Gasteiger partial charge in [0.2, 0.25) is 5.91 Å². The third kappa shape index (κ3) is 4.39. The predicted molar refractivity (Wildman–Crippen MR) is 75.2 cm³/mol. The molecular weight excluding hydrogens is 242 g/mol. The van der Waals surface area contributed by atoms with E-state index in [-0.39, 0.29) is 24.7 Å². The number of anilines is 1. The maximum absolute atomic E-state index is 11.9. The smallest absolute Gasteiger partial charge is 0.306 e. The van der Waals surface area contributed by atoms with E-state index >= 15 is 0 Å². The van der Waals surface area contributed by atoms with Gasteiger partial charge in [-0.15, -0.1) is 0 Å². The molecule has 1 rings (SSSR count). The lowest BCUT2D eigenvalue weighted by Crippen LogP contribution is -2.26. The summed E-state index contributed by atoms with van der Waals surface area (Å²) in [6.45, 7) is 4.25. The van der Waals surface area contributed by atoms with Crippen molar-refractivity contribution in [1.29, 1.82) is 0 Å². The Morgan fingerprint density at radius 2 is 1.74 bits per heavy atom. The molecule has 0 saturated heterocycles. The molecule has 104 valence electrons. The summed E-state index contributed by atoms with van der Waals surface area (Å²) in [5.41, 5.74) is 2.07. The van der Waals surface area contributed by atoms with Crippen LogP contribution in [0.25, 0.3) is 0 Å². The minimum absolute atomic E-state index is 0.0947. The number of benzene rings is 1. The lowest BCUT2D eigenvalue weighted by Gasteiger charge is -2.18. The van der Waals surface area contributed by atoms with Crippen molar-refractivity contribution < 1.29 is 14.3 Å². The van der Waals surface area contributed by atoms with E-state index in [2.05, 4.69) is 18.6 Å². The molecule has 0 fully saturated rings. The van der Waals surface area contributed by atoms with Crippen LogP contribution in [0.2, 0.25) is 0 Å². The molecular formula is C15H21NO3. The molecule has 0 aromatic heterocycles. The maximum Gasteiger partial charge on any atom is 0.306 e. The molecule has 4 heteroatoms. The molecule has 0 saturated carbocycles. The largest absolute Gasteiger partial charge is 0.469 e. The van der Waals surface area contributed by atoms with Gasteiger partial charge < -0.3 is 9.64 Å². The first-order valence-corrected chi connectivity index (χ1v) is 6.39. The van der Waals surface area contributed by atoms with Crippen LogP contribution < -0.4 is 4.90 Å². The fourth-order valence-corrected chi connectivity index (χ4v) is 1.71. The molecule has 0 aliphatic heterocycles. The molecule has 0 atom stereocenters. The van der Waals surface area contributed by atoms with E-state index in [4.69, 9.17) is 0 Å². The average Bonchev–Trinajstić information content (AvgIpc) is 2.43. The number of carbonyl (C=O) groups is 2. The van der Waals surface area contributed by atoms with Gasteiger partial charge in [-0.3, -0.25) is 9.59 Å². The van der Waals surface area contributed by atoms with Crippen molar-refractivity contribution in [2.75, 3.05) is 19.1 Å². The van der Waals surface area contributed by atoms with Gasteiger partial charge in [0.05, 0.1) is 13.5 Å². The van der Waals surface area contributed by atoms with Gasteiger partial charge in [0, 0.05) is 19.2 Å². The standard InChI is InChI=1S/C15H21NO3/c1-11(2)12-5-7-13(8-6-12)16(3)14(17)9-10-15(18)19-4/h5-8,11H,9-10H2,1-4H3. The topological polar surface area (TPSA) is 46.6 Å². The first-order chi connectivity index (χ1) is 8.95. The lowest BCUT2D eigenvalue weighted by molar-refractivity contribution is -0.141. The molecule has 4 nitrogen and oxygen atoms in total. The normalized spacial score (nSPS) is 10.4. The highest BCUT2D eigenvalue weighted by Crippen LogP contribution is 2.19. The highest BCUT2D eigenvalue weighted by atomic mass is 16.5. The van der Waals surface area contributed by atoms with Crippen LogP contribution in [-0.2, 0) is 14.3 Å². The summed E-state index contributed by atoms with van der Waals surface area (Å²) in [6.07, 6.45) is 0.277. The van der Waals surface area contributed by atoms with E-state index < -0.39 is 0 Å². The summed E-state index contributed by atoms with van der Waals surface area (Å²) in [4.78, 5) is 24.5. The van der Waals surface area contributed by atoms with Crippen LogP contribution in [0, 0.1) is 0 Å². The minimum atomic E-state index is -0.364. The van der Waals surface area contributed by atoms with Crippen LogP contribution in [0.15, 0.2) is 24.3 Å².